The van der Waals surface area contributed by atoms with Crippen molar-refractivity contribution in [3.63, 3.8) is 0 Å². The molecule has 0 amide bonds. The van der Waals surface area contributed by atoms with Crippen molar-refractivity contribution in [2.75, 3.05) is 26.9 Å². The van der Waals surface area contributed by atoms with Crippen LogP contribution in [-0.4, -0.2) is 43.7 Å². The molecule has 0 spiro atoms. The summed E-state index contributed by atoms with van der Waals surface area (Å²) >= 11 is 0. The summed E-state index contributed by atoms with van der Waals surface area (Å²) in [7, 11) is -2.47. The van der Waals surface area contributed by atoms with Crippen molar-refractivity contribution in [1.29, 1.82) is 0 Å². The Morgan fingerprint density at radius 3 is 2.29 bits per heavy atom. The third-order valence-corrected chi connectivity index (χ3v) is 7.34. The van der Waals surface area contributed by atoms with Gasteiger partial charge in [-0.3, -0.25) is 4.57 Å². The van der Waals surface area contributed by atoms with Crippen LogP contribution in [0.2, 0.25) is 0 Å². The number of rotatable bonds is 12. The number of benzene rings is 1. The molecule has 0 N–H and O–H groups in total. The highest BCUT2D eigenvalue weighted by atomic mass is 31.2. The highest BCUT2D eigenvalue weighted by molar-refractivity contribution is 7.61. The first-order chi connectivity index (χ1) is 13.2. The molecule has 8 heteroatoms. The fourth-order valence-electron chi connectivity index (χ4n) is 2.45. The second-order valence-electron chi connectivity index (χ2n) is 6.94. The summed E-state index contributed by atoms with van der Waals surface area (Å²) < 4.78 is 31.1. The van der Waals surface area contributed by atoms with Crippen molar-refractivity contribution in [3.8, 4) is 0 Å². The van der Waals surface area contributed by atoms with Crippen LogP contribution >= 0.6 is 15.9 Å². The molecule has 0 saturated carbocycles. The average Bonchev–Trinajstić information content (AvgIpc) is 2.64. The molecule has 0 radical (unpaired) electrons. The first-order valence-electron chi connectivity index (χ1n) is 9.28. The van der Waals surface area contributed by atoms with E-state index >= 15 is 0 Å². The van der Waals surface area contributed by atoms with Crippen LogP contribution in [0.4, 0.5) is 0 Å². The molecule has 6 nitrogen and oxygen atoms in total. The SMILES string of the molecule is [C-]#[N+]CCOP(OCc1ccc(/C=C/P(C)(=O)OC)cc1)N(C(C)C)C(C)C. The second-order valence-corrected chi connectivity index (χ2v) is 10.9. The molecule has 156 valence electrons. The van der Waals surface area contributed by atoms with Gasteiger partial charge < -0.3 is 18.4 Å². The van der Waals surface area contributed by atoms with E-state index in [9.17, 15) is 4.57 Å². The molecule has 0 aliphatic rings. The predicted molar refractivity (Wildman–Crippen MR) is 117 cm³/mol. The van der Waals surface area contributed by atoms with E-state index in [-0.39, 0.29) is 12.1 Å². The molecule has 2 atom stereocenters. The van der Waals surface area contributed by atoms with Crippen LogP contribution in [0.25, 0.3) is 10.9 Å². The number of nitrogens with zero attached hydrogens (tertiary/aromatic N) is 2. The Balaban J connectivity index is 2.78. The largest absolute Gasteiger partial charge is 0.329 e. The molecular weight excluding hydrogens is 394 g/mol. The van der Waals surface area contributed by atoms with E-state index in [0.717, 1.165) is 11.1 Å². The van der Waals surface area contributed by atoms with Gasteiger partial charge >= 0.3 is 0 Å². The maximum atomic E-state index is 11.9. The fourth-order valence-corrected chi connectivity index (χ4v) is 4.60. The third kappa shape index (κ3) is 8.97. The highest BCUT2D eigenvalue weighted by Gasteiger charge is 2.27. The molecule has 2 unspecified atom stereocenters. The topological polar surface area (TPSA) is 52.4 Å². The van der Waals surface area contributed by atoms with Gasteiger partial charge in [0.1, 0.15) is 6.61 Å². The summed E-state index contributed by atoms with van der Waals surface area (Å²) in [6.07, 6.45) is 1.80. The zero-order chi connectivity index (χ0) is 21.2. The quantitative estimate of drug-likeness (QED) is 0.233. The summed E-state index contributed by atoms with van der Waals surface area (Å²) in [5, 5.41) is 0. The molecule has 28 heavy (non-hydrogen) atoms. The van der Waals surface area contributed by atoms with Crippen LogP contribution in [-0.2, 0) is 24.7 Å². The molecule has 0 aliphatic heterocycles. The monoisotopic (exact) mass is 426 g/mol. The molecule has 0 bridgehead atoms. The lowest BCUT2D eigenvalue weighted by Crippen LogP contribution is -2.33. The molecule has 0 fully saturated rings. The second kappa shape index (κ2) is 12.5. The van der Waals surface area contributed by atoms with E-state index in [1.54, 1.807) is 18.6 Å². The molecule has 0 aromatic heterocycles. The third-order valence-electron chi connectivity index (χ3n) is 3.87. The van der Waals surface area contributed by atoms with Gasteiger partial charge in [0.2, 0.25) is 13.9 Å². The van der Waals surface area contributed by atoms with Gasteiger partial charge in [0, 0.05) is 31.7 Å². The normalized spacial score (nSPS) is 15.3. The van der Waals surface area contributed by atoms with E-state index in [2.05, 4.69) is 37.2 Å². The average molecular weight is 426 g/mol. The van der Waals surface area contributed by atoms with Gasteiger partial charge in [-0.05, 0) is 44.9 Å². The van der Waals surface area contributed by atoms with Crippen LogP contribution in [0, 0.1) is 6.57 Å². The Hall–Kier alpha value is -1.05. The summed E-state index contributed by atoms with van der Waals surface area (Å²) in [5.74, 6) is 1.60. The first-order valence-corrected chi connectivity index (χ1v) is 12.6. The Kier molecular flexibility index (Phi) is 11.2. The lowest BCUT2D eigenvalue weighted by Gasteiger charge is -2.35. The fraction of sp³-hybridized carbons (Fsp3) is 0.550. The maximum absolute atomic E-state index is 11.9. The summed E-state index contributed by atoms with van der Waals surface area (Å²) in [4.78, 5) is 3.35. The smallest absolute Gasteiger partial charge is 0.259 e. The molecule has 0 heterocycles. The summed E-state index contributed by atoms with van der Waals surface area (Å²) in [6.45, 7) is 18.1. The molecule has 1 aromatic rings. The molecule has 0 aliphatic carbocycles. The molecule has 1 aromatic carbocycles. The zero-order valence-electron chi connectivity index (χ0n) is 17.7. The van der Waals surface area contributed by atoms with Crippen LogP contribution in [0.1, 0.15) is 38.8 Å². The number of hydrogen-bond donors (Lipinski definition) is 0. The minimum atomic E-state index is -2.67. The summed E-state index contributed by atoms with van der Waals surface area (Å²) in [5.41, 5.74) is 1.97. The van der Waals surface area contributed by atoms with Gasteiger partial charge in [-0.25, -0.2) is 11.2 Å². The Bertz CT molecular complexity index is 691. The maximum Gasteiger partial charge on any atom is 0.259 e. The highest BCUT2D eigenvalue weighted by Crippen LogP contribution is 2.46. The number of hydrogen-bond acceptors (Lipinski definition) is 5. The van der Waals surface area contributed by atoms with Crippen LogP contribution in [0.3, 0.4) is 0 Å². The van der Waals surface area contributed by atoms with Gasteiger partial charge in [-0.1, -0.05) is 24.3 Å². The van der Waals surface area contributed by atoms with Crippen LogP contribution in [0.15, 0.2) is 30.1 Å². The lowest BCUT2D eigenvalue weighted by atomic mass is 10.1. The van der Waals surface area contributed by atoms with Crippen molar-refractivity contribution < 1.29 is 18.1 Å². The van der Waals surface area contributed by atoms with Gasteiger partial charge in [0.15, 0.2) is 0 Å². The van der Waals surface area contributed by atoms with E-state index in [1.807, 2.05) is 24.3 Å². The Labute approximate surface area is 171 Å². The minimum Gasteiger partial charge on any atom is -0.329 e. The predicted octanol–water partition coefficient (Wildman–Crippen LogP) is 6.01. The van der Waals surface area contributed by atoms with Crippen molar-refractivity contribution in [1.82, 2.24) is 4.67 Å². The van der Waals surface area contributed by atoms with E-state index < -0.39 is 15.9 Å². The van der Waals surface area contributed by atoms with Gasteiger partial charge in [0.05, 0.1) is 6.61 Å². The van der Waals surface area contributed by atoms with Gasteiger partial charge in [-0.2, -0.15) is 0 Å². The van der Waals surface area contributed by atoms with Crippen molar-refractivity contribution in [2.24, 2.45) is 0 Å². The van der Waals surface area contributed by atoms with E-state index in [4.69, 9.17) is 20.1 Å². The van der Waals surface area contributed by atoms with E-state index in [0.29, 0.717) is 19.8 Å². The van der Waals surface area contributed by atoms with Crippen molar-refractivity contribution in [3.05, 3.63) is 52.6 Å². The minimum absolute atomic E-state index is 0.275. The Morgan fingerprint density at radius 1 is 1.18 bits per heavy atom. The Morgan fingerprint density at radius 2 is 1.79 bits per heavy atom. The van der Waals surface area contributed by atoms with E-state index in [1.165, 1.54) is 7.11 Å². The lowest BCUT2D eigenvalue weighted by molar-refractivity contribution is 0.173. The van der Waals surface area contributed by atoms with Gasteiger partial charge in [0.25, 0.3) is 8.53 Å². The zero-order valence-corrected chi connectivity index (χ0v) is 19.5. The first kappa shape index (κ1) is 25.0. The molecule has 1 rings (SSSR count). The van der Waals surface area contributed by atoms with Crippen LogP contribution < -0.4 is 0 Å². The van der Waals surface area contributed by atoms with Gasteiger partial charge in [-0.15, -0.1) is 0 Å². The summed E-state index contributed by atoms with van der Waals surface area (Å²) in [6, 6.07) is 8.42. The standard InChI is InChI=1S/C20H32N2O4P2/c1-17(2)22(18(3)4)27(25-14-13-21-5)26-16-20-10-8-19(9-11-20)12-15-28(7,23)24-6/h8-12,15,17-18H,13-14,16H2,1-4,6-7H3/b15-12+. The molecular formula is C20H32N2O4P2. The molecule has 0 saturated heterocycles. The van der Waals surface area contributed by atoms with Crippen LogP contribution in [0.5, 0.6) is 0 Å². The van der Waals surface area contributed by atoms with Crippen molar-refractivity contribution in [2.45, 2.75) is 46.4 Å². The van der Waals surface area contributed by atoms with Crippen molar-refractivity contribution >= 4 is 22.0 Å².